The van der Waals surface area contributed by atoms with Gasteiger partial charge in [0, 0.05) is 31.7 Å². The molecule has 1 aromatic carbocycles. The van der Waals surface area contributed by atoms with Gasteiger partial charge in [0.2, 0.25) is 0 Å². The molecule has 1 amide bonds. The van der Waals surface area contributed by atoms with Crippen molar-refractivity contribution in [2.24, 2.45) is 0 Å². The molecule has 32 heavy (non-hydrogen) atoms. The summed E-state index contributed by atoms with van der Waals surface area (Å²) in [5.41, 5.74) is 1.80. The second-order valence-electron chi connectivity index (χ2n) is 7.57. The highest BCUT2D eigenvalue weighted by atomic mass is 32.2. The Hall–Kier alpha value is -2.76. The molecule has 0 fully saturated rings. The molecule has 1 unspecified atom stereocenters. The maximum Gasteiger partial charge on any atom is 0.264 e. The van der Waals surface area contributed by atoms with Crippen molar-refractivity contribution in [3.05, 3.63) is 52.7 Å². The number of benzene rings is 1. The van der Waals surface area contributed by atoms with Crippen molar-refractivity contribution in [3.8, 4) is 16.9 Å². The SMILES string of the molecule is CC(CCn1ccc(-c2ccc(OCCCCO)c(F)c2)cc1=O)(C(=O)NO)S(C)(=O)=O. The molecule has 3 N–H and O–H groups in total. The Morgan fingerprint density at radius 3 is 2.47 bits per heavy atom. The largest absolute Gasteiger partial charge is 0.491 e. The van der Waals surface area contributed by atoms with Gasteiger partial charge in [0.1, 0.15) is 0 Å². The molecule has 1 aromatic heterocycles. The standard InChI is InChI=1S/C21H27FN2O7S/c1-21(20(27)23-28,32(2,29)30)8-10-24-9-7-16(14-19(24)26)15-5-6-18(17(22)13-15)31-12-4-3-11-25/h5-7,9,13-14,25,28H,3-4,8,10-12H2,1-2H3,(H,23,27). The number of rotatable bonds is 11. The molecule has 1 heterocycles. The third-order valence-corrected chi connectivity index (χ3v) is 7.33. The number of aliphatic hydroxyl groups excluding tert-OH is 1. The van der Waals surface area contributed by atoms with Crippen molar-refractivity contribution < 1.29 is 32.7 Å². The van der Waals surface area contributed by atoms with Crippen LogP contribution in [-0.2, 0) is 21.2 Å². The number of unbranched alkanes of at least 4 members (excludes halogenated alkanes) is 1. The van der Waals surface area contributed by atoms with Crippen LogP contribution < -0.4 is 15.8 Å². The lowest BCUT2D eigenvalue weighted by molar-refractivity contribution is -0.131. The summed E-state index contributed by atoms with van der Waals surface area (Å²) in [6, 6.07) is 7.16. The first-order chi connectivity index (χ1) is 15.0. The fourth-order valence-electron chi connectivity index (χ4n) is 2.98. The lowest BCUT2D eigenvalue weighted by Gasteiger charge is -2.25. The summed E-state index contributed by atoms with van der Waals surface area (Å²) in [7, 11) is -3.88. The Bertz CT molecular complexity index is 1120. The van der Waals surface area contributed by atoms with E-state index in [1.165, 1.54) is 41.4 Å². The number of aryl methyl sites for hydroxylation is 1. The lowest BCUT2D eigenvalue weighted by Crippen LogP contribution is -2.49. The Morgan fingerprint density at radius 2 is 1.91 bits per heavy atom. The normalized spacial score (nSPS) is 13.4. The van der Waals surface area contributed by atoms with Crippen molar-refractivity contribution >= 4 is 15.7 Å². The van der Waals surface area contributed by atoms with Crippen molar-refractivity contribution in [3.63, 3.8) is 0 Å². The van der Waals surface area contributed by atoms with Crippen LogP contribution in [0.15, 0.2) is 41.3 Å². The molecule has 0 aliphatic heterocycles. The van der Waals surface area contributed by atoms with E-state index in [1.54, 1.807) is 12.1 Å². The minimum atomic E-state index is -3.88. The first kappa shape index (κ1) is 25.5. The number of pyridine rings is 1. The number of ether oxygens (including phenoxy) is 1. The molecule has 2 rings (SSSR count). The first-order valence-electron chi connectivity index (χ1n) is 9.91. The van der Waals surface area contributed by atoms with Crippen molar-refractivity contribution in [2.75, 3.05) is 19.5 Å². The second kappa shape index (κ2) is 10.7. The minimum absolute atomic E-state index is 0.0401. The molecule has 0 bridgehead atoms. The van der Waals surface area contributed by atoms with Crippen LogP contribution in [0.5, 0.6) is 5.75 Å². The number of nitrogens with one attached hydrogen (secondary N) is 1. The summed E-state index contributed by atoms with van der Waals surface area (Å²) in [5, 5.41) is 17.6. The van der Waals surface area contributed by atoms with Crippen LogP contribution in [-0.4, -0.2) is 53.4 Å². The van der Waals surface area contributed by atoms with Gasteiger partial charge in [0.25, 0.3) is 11.5 Å². The van der Waals surface area contributed by atoms with Gasteiger partial charge in [0.15, 0.2) is 26.2 Å². The quantitative estimate of drug-likeness (QED) is 0.257. The number of halogens is 1. The fraction of sp³-hybridized carbons (Fsp3) is 0.429. The average Bonchev–Trinajstić information content (AvgIpc) is 2.75. The van der Waals surface area contributed by atoms with Crippen LogP contribution in [0.2, 0.25) is 0 Å². The molecule has 0 saturated carbocycles. The van der Waals surface area contributed by atoms with Gasteiger partial charge in [-0.2, -0.15) is 0 Å². The van der Waals surface area contributed by atoms with Crippen LogP contribution in [0.25, 0.3) is 11.1 Å². The fourth-order valence-corrected chi connectivity index (χ4v) is 3.83. The molecule has 0 radical (unpaired) electrons. The summed E-state index contributed by atoms with van der Waals surface area (Å²) in [4.78, 5) is 24.4. The number of nitrogens with zero attached hydrogens (tertiary/aromatic N) is 1. The van der Waals surface area contributed by atoms with E-state index in [-0.39, 0.29) is 31.9 Å². The highest BCUT2D eigenvalue weighted by Crippen LogP contribution is 2.26. The Labute approximate surface area is 185 Å². The van der Waals surface area contributed by atoms with Crippen LogP contribution in [0.3, 0.4) is 0 Å². The highest BCUT2D eigenvalue weighted by Gasteiger charge is 2.43. The van der Waals surface area contributed by atoms with Crippen molar-refractivity contribution in [2.45, 2.75) is 37.5 Å². The third kappa shape index (κ3) is 5.93. The Balaban J connectivity index is 2.17. The maximum absolute atomic E-state index is 14.3. The third-order valence-electron chi connectivity index (χ3n) is 5.30. The van der Waals surface area contributed by atoms with E-state index in [0.29, 0.717) is 24.0 Å². The summed E-state index contributed by atoms with van der Waals surface area (Å²) in [6.45, 7) is 1.39. The van der Waals surface area contributed by atoms with E-state index in [0.717, 1.165) is 6.26 Å². The average molecular weight is 471 g/mol. The van der Waals surface area contributed by atoms with Gasteiger partial charge in [-0.25, -0.2) is 18.3 Å². The highest BCUT2D eigenvalue weighted by molar-refractivity contribution is 7.92. The number of carbonyl (C=O) groups excluding carboxylic acids is 1. The zero-order valence-electron chi connectivity index (χ0n) is 17.9. The Kier molecular flexibility index (Phi) is 8.53. The van der Waals surface area contributed by atoms with E-state index < -0.39 is 31.9 Å². The zero-order valence-corrected chi connectivity index (χ0v) is 18.7. The number of hydroxylamine groups is 1. The summed E-state index contributed by atoms with van der Waals surface area (Å²) in [5.74, 6) is -1.60. The molecule has 1 atom stereocenters. The van der Waals surface area contributed by atoms with Gasteiger partial charge in [-0.3, -0.25) is 14.8 Å². The van der Waals surface area contributed by atoms with E-state index in [1.807, 2.05) is 0 Å². The molecule has 176 valence electrons. The molecule has 2 aromatic rings. The number of hydrogen-bond donors (Lipinski definition) is 3. The second-order valence-corrected chi connectivity index (χ2v) is 10.0. The first-order valence-corrected chi connectivity index (χ1v) is 11.8. The molecular formula is C21H27FN2O7S. The summed E-state index contributed by atoms with van der Waals surface area (Å²) < 4.78 is 43.1. The van der Waals surface area contributed by atoms with Gasteiger partial charge < -0.3 is 14.4 Å². The molecule has 0 aliphatic carbocycles. The van der Waals surface area contributed by atoms with Gasteiger partial charge in [-0.1, -0.05) is 6.07 Å². The number of aromatic nitrogens is 1. The molecular weight excluding hydrogens is 443 g/mol. The van der Waals surface area contributed by atoms with Gasteiger partial charge in [-0.05, 0) is 55.5 Å². The molecule has 9 nitrogen and oxygen atoms in total. The van der Waals surface area contributed by atoms with Gasteiger partial charge in [-0.15, -0.1) is 0 Å². The zero-order chi connectivity index (χ0) is 23.9. The summed E-state index contributed by atoms with van der Waals surface area (Å²) in [6.07, 6.45) is 3.21. The summed E-state index contributed by atoms with van der Waals surface area (Å²) >= 11 is 0. The predicted molar refractivity (Wildman–Crippen MR) is 116 cm³/mol. The van der Waals surface area contributed by atoms with Gasteiger partial charge >= 0.3 is 0 Å². The van der Waals surface area contributed by atoms with Crippen LogP contribution in [0.1, 0.15) is 26.2 Å². The van der Waals surface area contributed by atoms with E-state index in [9.17, 15) is 22.4 Å². The van der Waals surface area contributed by atoms with Crippen LogP contribution in [0.4, 0.5) is 4.39 Å². The Morgan fingerprint density at radius 1 is 1.22 bits per heavy atom. The molecule has 0 aliphatic rings. The minimum Gasteiger partial charge on any atom is -0.491 e. The molecule has 0 spiro atoms. The number of amides is 1. The van der Waals surface area contributed by atoms with E-state index in [4.69, 9.17) is 15.1 Å². The van der Waals surface area contributed by atoms with Gasteiger partial charge in [0.05, 0.1) is 6.61 Å². The number of hydrogen-bond acceptors (Lipinski definition) is 7. The van der Waals surface area contributed by atoms with Crippen LogP contribution >= 0.6 is 0 Å². The van der Waals surface area contributed by atoms with E-state index in [2.05, 4.69) is 0 Å². The van der Waals surface area contributed by atoms with Crippen molar-refractivity contribution in [1.82, 2.24) is 10.0 Å². The number of sulfone groups is 1. The van der Waals surface area contributed by atoms with Crippen LogP contribution in [0, 0.1) is 5.82 Å². The number of aliphatic hydroxyl groups is 1. The molecule has 11 heteroatoms. The predicted octanol–water partition coefficient (Wildman–Crippen LogP) is 1.50. The molecule has 0 saturated heterocycles. The maximum atomic E-state index is 14.3. The lowest BCUT2D eigenvalue weighted by atomic mass is 10.1. The monoisotopic (exact) mass is 470 g/mol. The van der Waals surface area contributed by atoms with Crippen molar-refractivity contribution in [1.29, 1.82) is 0 Å². The number of carbonyl (C=O) groups is 1. The van der Waals surface area contributed by atoms with E-state index >= 15 is 0 Å². The topological polar surface area (TPSA) is 135 Å². The smallest absolute Gasteiger partial charge is 0.264 e.